The molecule has 1 aliphatic heterocycles. The van der Waals surface area contributed by atoms with E-state index in [2.05, 4.69) is 20.3 Å². The van der Waals surface area contributed by atoms with Crippen LogP contribution in [0.25, 0.3) is 22.3 Å². The molecule has 9 nitrogen and oxygen atoms in total. The van der Waals surface area contributed by atoms with Gasteiger partial charge in [-0.1, -0.05) is 11.6 Å². The molecule has 12 heteroatoms. The molecule has 4 rings (SSSR count). The minimum absolute atomic E-state index is 0.0165. The topological polar surface area (TPSA) is 113 Å². The van der Waals surface area contributed by atoms with Gasteiger partial charge >= 0.3 is 0 Å². The van der Waals surface area contributed by atoms with Gasteiger partial charge in [-0.3, -0.25) is 0 Å². The zero-order chi connectivity index (χ0) is 24.1. The Balaban J connectivity index is 1.66. The third kappa shape index (κ3) is 4.68. The predicted molar refractivity (Wildman–Crippen MR) is 125 cm³/mol. The van der Waals surface area contributed by atoms with E-state index in [0.717, 1.165) is 6.26 Å². The van der Waals surface area contributed by atoms with Crippen molar-refractivity contribution in [1.29, 1.82) is 0 Å². The van der Waals surface area contributed by atoms with E-state index < -0.39 is 28.0 Å². The lowest BCUT2D eigenvalue weighted by molar-refractivity contribution is 0.0950. The first-order valence-corrected chi connectivity index (χ1v) is 12.8. The number of nitrogens with zero attached hydrogens (tertiary/aromatic N) is 5. The molecule has 1 unspecified atom stereocenters. The molecule has 3 heterocycles. The molecule has 2 atom stereocenters. The summed E-state index contributed by atoms with van der Waals surface area (Å²) in [6.45, 7) is 6.09. The number of aryl methyl sites for hydroxylation is 1. The number of piperidine rings is 1. The molecule has 0 aliphatic carbocycles. The Morgan fingerprint density at radius 3 is 2.67 bits per heavy atom. The summed E-state index contributed by atoms with van der Waals surface area (Å²) in [5, 5.41) is 13.7. The van der Waals surface area contributed by atoms with Crippen LogP contribution in [0.3, 0.4) is 0 Å². The summed E-state index contributed by atoms with van der Waals surface area (Å²) >= 11 is 6.36. The Morgan fingerprint density at radius 1 is 1.30 bits per heavy atom. The van der Waals surface area contributed by atoms with E-state index in [1.807, 2.05) is 25.3 Å². The van der Waals surface area contributed by atoms with Crippen molar-refractivity contribution in [2.45, 2.75) is 45.4 Å². The normalized spacial score (nSPS) is 20.0. The van der Waals surface area contributed by atoms with Crippen LogP contribution in [0.15, 0.2) is 18.3 Å². The summed E-state index contributed by atoms with van der Waals surface area (Å²) in [4.78, 5) is 13.0. The van der Waals surface area contributed by atoms with Gasteiger partial charge in [0, 0.05) is 24.7 Å². The molecule has 0 bridgehead atoms. The van der Waals surface area contributed by atoms with Crippen LogP contribution < -0.4 is 5.32 Å². The van der Waals surface area contributed by atoms with Crippen molar-refractivity contribution in [2.75, 3.05) is 24.7 Å². The van der Waals surface area contributed by atoms with E-state index >= 15 is 0 Å². The molecule has 1 aromatic carbocycles. The van der Waals surface area contributed by atoms with Crippen LogP contribution in [0, 0.1) is 12.7 Å². The van der Waals surface area contributed by atoms with Gasteiger partial charge in [0.05, 0.1) is 40.8 Å². The highest BCUT2D eigenvalue weighted by Gasteiger charge is 2.32. The maximum Gasteiger partial charge on any atom is 0.223 e. The fourth-order valence-corrected chi connectivity index (χ4v) is 5.30. The quantitative estimate of drug-likeness (QED) is 0.558. The third-order valence-electron chi connectivity index (χ3n) is 5.79. The molecular weight excluding hydrogens is 471 g/mol. The van der Waals surface area contributed by atoms with Crippen LogP contribution in [-0.2, 0) is 10.0 Å². The van der Waals surface area contributed by atoms with E-state index in [0.29, 0.717) is 29.0 Å². The maximum atomic E-state index is 14.9. The second-order valence-corrected chi connectivity index (χ2v) is 11.0. The fourth-order valence-electron chi connectivity index (χ4n) is 4.23. The molecule has 0 radical (unpaired) electrons. The molecule has 3 aromatic rings. The molecule has 2 N–H and O–H groups in total. The van der Waals surface area contributed by atoms with Crippen molar-refractivity contribution in [3.05, 3.63) is 35.0 Å². The zero-order valence-corrected chi connectivity index (χ0v) is 20.3. The monoisotopic (exact) mass is 496 g/mol. The molecule has 178 valence electrons. The summed E-state index contributed by atoms with van der Waals surface area (Å²) < 4.78 is 41.6. The Labute approximate surface area is 196 Å². The number of imidazole rings is 1. The largest absolute Gasteiger partial charge is 0.390 e. The minimum atomic E-state index is -3.38. The van der Waals surface area contributed by atoms with Gasteiger partial charge in [0.25, 0.3) is 0 Å². The van der Waals surface area contributed by atoms with Gasteiger partial charge in [0.2, 0.25) is 16.0 Å². The van der Waals surface area contributed by atoms with Gasteiger partial charge in [-0.2, -0.15) is 4.31 Å². The minimum Gasteiger partial charge on any atom is -0.390 e. The molecule has 0 amide bonds. The highest BCUT2D eigenvalue weighted by Crippen LogP contribution is 2.32. The number of rotatable bonds is 5. The number of hydrogen-bond donors (Lipinski definition) is 2. The van der Waals surface area contributed by atoms with Crippen molar-refractivity contribution in [2.24, 2.45) is 0 Å². The maximum absolute atomic E-state index is 14.9. The first-order chi connectivity index (χ1) is 15.5. The average Bonchev–Trinajstić information content (AvgIpc) is 3.06. The highest BCUT2D eigenvalue weighted by atomic mass is 35.5. The summed E-state index contributed by atoms with van der Waals surface area (Å²) in [5.41, 5.74) is 1.75. The zero-order valence-electron chi connectivity index (χ0n) is 18.7. The van der Waals surface area contributed by atoms with Crippen LogP contribution in [0.4, 0.5) is 10.3 Å². The Hall–Kier alpha value is -2.34. The molecule has 0 saturated carbocycles. The first kappa shape index (κ1) is 23.8. The smallest absolute Gasteiger partial charge is 0.223 e. The van der Waals surface area contributed by atoms with Gasteiger partial charge in [-0.05, 0) is 39.3 Å². The van der Waals surface area contributed by atoms with Gasteiger partial charge in [-0.25, -0.2) is 27.8 Å². The average molecular weight is 497 g/mol. The molecule has 1 aliphatic rings. The van der Waals surface area contributed by atoms with E-state index in [-0.39, 0.29) is 35.6 Å². The summed E-state index contributed by atoms with van der Waals surface area (Å²) in [6.07, 6.45) is 1.97. The second kappa shape index (κ2) is 8.79. The standard InChI is InChI=1S/C21H26ClFN6O3S/c1-11(2)29-12(3)25-20-15(23)7-13(8-17(20)29)19-14(22)9-24-21(27-19)26-16-5-6-28(10-18(16)30)33(4,31)32/h7-9,11,16,18,30H,5-6,10H2,1-4H3,(H,24,26,27)/t16?,18-/m1/s1. The number of nitrogens with one attached hydrogen (secondary N) is 1. The molecule has 33 heavy (non-hydrogen) atoms. The van der Waals surface area contributed by atoms with Crippen LogP contribution in [-0.4, -0.2) is 68.8 Å². The number of sulfonamides is 1. The number of fused-ring (bicyclic) bond motifs is 1. The van der Waals surface area contributed by atoms with E-state index in [1.54, 1.807) is 6.07 Å². The van der Waals surface area contributed by atoms with Gasteiger partial charge < -0.3 is 15.0 Å². The van der Waals surface area contributed by atoms with Crippen LogP contribution >= 0.6 is 11.6 Å². The van der Waals surface area contributed by atoms with E-state index in [9.17, 15) is 17.9 Å². The fraction of sp³-hybridized carbons (Fsp3) is 0.476. The van der Waals surface area contributed by atoms with Crippen LogP contribution in [0.5, 0.6) is 0 Å². The van der Waals surface area contributed by atoms with Crippen molar-refractivity contribution in [3.63, 3.8) is 0 Å². The first-order valence-electron chi connectivity index (χ1n) is 10.6. The summed E-state index contributed by atoms with van der Waals surface area (Å²) in [7, 11) is -3.38. The number of anilines is 1. The lowest BCUT2D eigenvalue weighted by atomic mass is 10.0. The van der Waals surface area contributed by atoms with Gasteiger partial charge in [-0.15, -0.1) is 0 Å². The molecule has 1 fully saturated rings. The predicted octanol–water partition coefficient (Wildman–Crippen LogP) is 2.98. The van der Waals surface area contributed by atoms with E-state index in [4.69, 9.17) is 11.6 Å². The third-order valence-corrected chi connectivity index (χ3v) is 7.33. The summed E-state index contributed by atoms with van der Waals surface area (Å²) in [6, 6.07) is 2.79. The van der Waals surface area contributed by atoms with Gasteiger partial charge in [0.1, 0.15) is 11.3 Å². The van der Waals surface area contributed by atoms with Crippen LogP contribution in [0.1, 0.15) is 32.1 Å². The molecule has 0 spiro atoms. The van der Waals surface area contributed by atoms with Crippen molar-refractivity contribution in [3.8, 4) is 11.3 Å². The lowest BCUT2D eigenvalue weighted by Gasteiger charge is -2.34. The summed E-state index contributed by atoms with van der Waals surface area (Å²) in [5.74, 6) is 0.444. The Morgan fingerprint density at radius 2 is 2.03 bits per heavy atom. The van der Waals surface area contributed by atoms with E-state index in [1.165, 1.54) is 16.6 Å². The molecule has 1 saturated heterocycles. The van der Waals surface area contributed by atoms with Crippen molar-refractivity contribution in [1.82, 2.24) is 23.8 Å². The SMILES string of the molecule is Cc1nc2c(F)cc(-c3nc(NC4CCN(S(C)(=O)=O)C[C@H]4O)ncc3Cl)cc2n1C(C)C. The number of halogens is 2. The number of benzene rings is 1. The van der Waals surface area contributed by atoms with Crippen molar-refractivity contribution < 1.29 is 17.9 Å². The lowest BCUT2D eigenvalue weighted by Crippen LogP contribution is -2.51. The Bertz CT molecular complexity index is 1310. The highest BCUT2D eigenvalue weighted by molar-refractivity contribution is 7.88. The van der Waals surface area contributed by atoms with Crippen molar-refractivity contribution >= 4 is 38.6 Å². The Kier molecular flexibility index (Phi) is 6.34. The number of aliphatic hydroxyl groups is 1. The molecular formula is C21H26ClFN6O3S. The van der Waals surface area contributed by atoms with Gasteiger partial charge in [0.15, 0.2) is 5.82 Å². The number of aliphatic hydroxyl groups excluding tert-OH is 1. The molecule has 2 aromatic heterocycles. The number of β-amino-alcohol motifs (C(OH)–C–C–N with tert-alkyl or cyclic N) is 1. The second-order valence-electron chi connectivity index (χ2n) is 8.57. The number of aromatic nitrogens is 4. The number of hydrogen-bond acceptors (Lipinski definition) is 7. The van der Waals surface area contributed by atoms with Crippen LogP contribution in [0.2, 0.25) is 5.02 Å².